The summed E-state index contributed by atoms with van der Waals surface area (Å²) in [7, 11) is 0. The van der Waals surface area contributed by atoms with E-state index in [0.29, 0.717) is 46.1 Å². The lowest BCUT2D eigenvalue weighted by atomic mass is 9.73. The molecule has 0 saturated carbocycles. The lowest BCUT2D eigenvalue weighted by Crippen LogP contribution is -2.26. The highest BCUT2D eigenvalue weighted by atomic mass is 16.6. The Hall–Kier alpha value is -3.06. The molecule has 210 valence electrons. The van der Waals surface area contributed by atoms with Gasteiger partial charge in [-0.15, -0.1) is 0 Å². The summed E-state index contributed by atoms with van der Waals surface area (Å²) in [5.74, 6) is 0. The Bertz CT molecular complexity index is 909. The van der Waals surface area contributed by atoms with Crippen molar-refractivity contribution in [3.05, 3.63) is 118 Å². The van der Waals surface area contributed by atoms with Gasteiger partial charge in [-0.2, -0.15) is 0 Å². The summed E-state index contributed by atoms with van der Waals surface area (Å²) >= 11 is 0. The fourth-order valence-electron chi connectivity index (χ4n) is 5.02. The molecule has 3 rings (SSSR count). The molecule has 39 heavy (non-hydrogen) atoms. The largest absolute Gasteiger partial charge is 0.377 e. The Kier molecular flexibility index (Phi) is 14.3. The molecule has 3 aromatic rings. The molecule has 3 aromatic carbocycles. The lowest BCUT2D eigenvalue weighted by molar-refractivity contribution is -0.483. The van der Waals surface area contributed by atoms with Crippen molar-refractivity contribution in [2.45, 2.75) is 64.8 Å². The van der Waals surface area contributed by atoms with Crippen LogP contribution in [0.25, 0.3) is 0 Å². The van der Waals surface area contributed by atoms with E-state index in [4.69, 9.17) is 14.2 Å². The topological polar surface area (TPSA) is 70.8 Å². The maximum absolute atomic E-state index is 11.4. The monoisotopic (exact) mass is 533 g/mol. The van der Waals surface area contributed by atoms with Gasteiger partial charge in [-0.1, -0.05) is 91.0 Å². The molecule has 6 heteroatoms. The van der Waals surface area contributed by atoms with E-state index in [2.05, 4.69) is 36.4 Å². The van der Waals surface area contributed by atoms with Crippen LogP contribution in [-0.2, 0) is 34.0 Å². The first-order valence-corrected chi connectivity index (χ1v) is 14.1. The molecule has 0 N–H and O–H groups in total. The second-order valence-electron chi connectivity index (χ2n) is 10.2. The molecule has 0 bridgehead atoms. The van der Waals surface area contributed by atoms with Crippen molar-refractivity contribution in [2.24, 2.45) is 5.41 Å². The molecular weight excluding hydrogens is 490 g/mol. The smallest absolute Gasteiger partial charge is 0.204 e. The Morgan fingerprint density at radius 1 is 0.538 bits per heavy atom. The van der Waals surface area contributed by atoms with Gasteiger partial charge in [0, 0.05) is 31.2 Å². The van der Waals surface area contributed by atoms with Gasteiger partial charge in [0.2, 0.25) is 6.54 Å². The molecule has 6 nitrogen and oxygen atoms in total. The van der Waals surface area contributed by atoms with E-state index < -0.39 is 0 Å². The summed E-state index contributed by atoms with van der Waals surface area (Å²) in [4.78, 5) is 11.2. The number of hydrogen-bond donors (Lipinski definition) is 0. The van der Waals surface area contributed by atoms with E-state index in [1.807, 2.05) is 54.6 Å². The number of benzene rings is 3. The summed E-state index contributed by atoms with van der Waals surface area (Å²) in [6.07, 6.45) is 5.88. The van der Waals surface area contributed by atoms with Gasteiger partial charge in [-0.25, -0.2) is 0 Å². The Morgan fingerprint density at radius 3 is 1.18 bits per heavy atom. The Morgan fingerprint density at radius 2 is 0.872 bits per heavy atom. The second-order valence-corrected chi connectivity index (χ2v) is 10.2. The molecule has 0 saturated heterocycles. The van der Waals surface area contributed by atoms with Gasteiger partial charge in [0.15, 0.2) is 0 Å². The Labute approximate surface area is 233 Å². The summed E-state index contributed by atoms with van der Waals surface area (Å²) in [5.41, 5.74) is 3.34. The van der Waals surface area contributed by atoms with Crippen LogP contribution in [0.3, 0.4) is 0 Å². The molecule has 0 aliphatic rings. The zero-order valence-corrected chi connectivity index (χ0v) is 23.0. The highest BCUT2D eigenvalue weighted by molar-refractivity contribution is 5.14. The molecule has 0 fully saturated rings. The fourth-order valence-corrected chi connectivity index (χ4v) is 5.02. The van der Waals surface area contributed by atoms with Crippen molar-refractivity contribution in [1.82, 2.24) is 0 Å². The molecule has 0 heterocycles. The van der Waals surface area contributed by atoms with Crippen LogP contribution in [0.4, 0.5) is 0 Å². The molecule has 0 aliphatic carbocycles. The predicted molar refractivity (Wildman–Crippen MR) is 155 cm³/mol. The number of hydrogen-bond acceptors (Lipinski definition) is 5. The minimum atomic E-state index is -0.182. The van der Waals surface area contributed by atoms with E-state index in [1.54, 1.807) is 0 Å². The van der Waals surface area contributed by atoms with Gasteiger partial charge in [0.05, 0.1) is 19.8 Å². The molecule has 0 amide bonds. The molecule has 0 aliphatic heterocycles. The highest BCUT2D eigenvalue weighted by Crippen LogP contribution is 2.39. The van der Waals surface area contributed by atoms with Crippen LogP contribution < -0.4 is 0 Å². The normalized spacial score (nSPS) is 11.5. The van der Waals surface area contributed by atoms with Gasteiger partial charge >= 0.3 is 0 Å². The van der Waals surface area contributed by atoms with Gasteiger partial charge in [0.1, 0.15) is 0 Å². The minimum Gasteiger partial charge on any atom is -0.377 e. The summed E-state index contributed by atoms with van der Waals surface area (Å²) in [6.45, 7) is 3.68. The first kappa shape index (κ1) is 30.5. The highest BCUT2D eigenvalue weighted by Gasteiger charge is 2.30. The van der Waals surface area contributed by atoms with E-state index >= 15 is 0 Å². The molecule has 0 atom stereocenters. The third kappa shape index (κ3) is 13.0. The van der Waals surface area contributed by atoms with Crippen LogP contribution >= 0.6 is 0 Å². The van der Waals surface area contributed by atoms with E-state index in [0.717, 1.165) is 55.2 Å². The van der Waals surface area contributed by atoms with Crippen LogP contribution in [0.1, 0.15) is 61.6 Å². The minimum absolute atomic E-state index is 0.0133. The lowest BCUT2D eigenvalue weighted by Gasteiger charge is -2.33. The zero-order chi connectivity index (χ0) is 27.4. The SMILES string of the molecule is O=[N+]([O-])CCC(CCCOCc1ccccc1)(CCCOCc1ccccc1)CCCOCc1ccccc1. The molecule has 0 spiro atoms. The molecular formula is C33H43NO5. The van der Waals surface area contributed by atoms with Crippen molar-refractivity contribution in [1.29, 1.82) is 0 Å². The van der Waals surface area contributed by atoms with Crippen LogP contribution in [0.2, 0.25) is 0 Å². The standard InChI is InChI=1S/C33H43NO5/c35-34(36)23-22-33(19-10-24-37-27-30-13-4-1-5-14-30,20-11-25-38-28-31-15-6-2-7-16-31)21-12-26-39-29-32-17-8-3-9-18-32/h1-9,13-18H,10-12,19-29H2. The number of rotatable bonds is 21. The summed E-state index contributed by atoms with van der Waals surface area (Å²) < 4.78 is 17.8. The van der Waals surface area contributed by atoms with Gasteiger partial charge in [-0.05, 0) is 60.6 Å². The van der Waals surface area contributed by atoms with Crippen LogP contribution in [-0.4, -0.2) is 31.3 Å². The maximum atomic E-state index is 11.4. The van der Waals surface area contributed by atoms with Crippen molar-refractivity contribution >= 4 is 0 Å². The molecule has 0 aromatic heterocycles. The third-order valence-corrected chi connectivity index (χ3v) is 7.15. The average molecular weight is 534 g/mol. The van der Waals surface area contributed by atoms with Crippen LogP contribution in [0.5, 0.6) is 0 Å². The molecule has 0 radical (unpaired) electrons. The molecule has 0 unspecified atom stereocenters. The Balaban J connectivity index is 1.51. The summed E-state index contributed by atoms with van der Waals surface area (Å²) in [6, 6.07) is 30.5. The predicted octanol–water partition coefficient (Wildman–Crippen LogP) is 7.63. The quantitative estimate of drug-likeness (QED) is 0.0800. The first-order valence-electron chi connectivity index (χ1n) is 14.1. The fraction of sp³-hybridized carbons (Fsp3) is 0.455. The van der Waals surface area contributed by atoms with Crippen molar-refractivity contribution in [2.75, 3.05) is 26.4 Å². The van der Waals surface area contributed by atoms with Gasteiger partial charge in [-0.3, -0.25) is 10.1 Å². The van der Waals surface area contributed by atoms with Crippen molar-refractivity contribution in [3.63, 3.8) is 0 Å². The van der Waals surface area contributed by atoms with Gasteiger partial charge < -0.3 is 14.2 Å². The van der Waals surface area contributed by atoms with E-state index in [1.165, 1.54) is 0 Å². The number of nitro groups is 1. The van der Waals surface area contributed by atoms with Crippen LogP contribution in [0, 0.1) is 15.5 Å². The second kappa shape index (κ2) is 18.3. The van der Waals surface area contributed by atoms with Gasteiger partial charge in [0.25, 0.3) is 0 Å². The van der Waals surface area contributed by atoms with Crippen molar-refractivity contribution < 1.29 is 19.1 Å². The number of nitrogens with zero attached hydrogens (tertiary/aromatic N) is 1. The number of ether oxygens (including phenoxy) is 3. The van der Waals surface area contributed by atoms with Crippen molar-refractivity contribution in [3.8, 4) is 0 Å². The van der Waals surface area contributed by atoms with Crippen LogP contribution in [0.15, 0.2) is 91.0 Å². The van der Waals surface area contributed by atoms with E-state index in [-0.39, 0.29) is 16.9 Å². The average Bonchev–Trinajstić information content (AvgIpc) is 2.97. The third-order valence-electron chi connectivity index (χ3n) is 7.15. The first-order chi connectivity index (χ1) is 19.2. The zero-order valence-electron chi connectivity index (χ0n) is 23.0. The van der Waals surface area contributed by atoms with E-state index in [9.17, 15) is 10.1 Å². The maximum Gasteiger partial charge on any atom is 0.204 e. The summed E-state index contributed by atoms with van der Waals surface area (Å²) in [5, 5.41) is 11.4.